The predicted molar refractivity (Wildman–Crippen MR) is 64.0 cm³/mol. The largest absolute Gasteiger partial charge is 0.221 e. The Labute approximate surface area is 103 Å². The first kappa shape index (κ1) is 6.09. The van der Waals surface area contributed by atoms with Crippen LogP contribution in [0.25, 0.3) is 11.4 Å². The van der Waals surface area contributed by atoms with Crippen LogP contribution in [0.5, 0.6) is 0 Å². The van der Waals surface area contributed by atoms with Crippen LogP contribution in [-0.4, -0.2) is 15.0 Å². The molecule has 0 amide bonds. The van der Waals surface area contributed by atoms with Crippen molar-refractivity contribution >= 4 is 0 Å². The normalized spacial score (nSPS) is 15.8. The van der Waals surface area contributed by atoms with Crippen LogP contribution in [0.15, 0.2) is 36.5 Å². The molecular formula is C13H15N3. The zero-order valence-corrected chi connectivity index (χ0v) is 9.42. The van der Waals surface area contributed by atoms with E-state index in [4.69, 9.17) is 6.85 Å². The van der Waals surface area contributed by atoms with E-state index in [2.05, 4.69) is 15.0 Å². The van der Waals surface area contributed by atoms with Crippen molar-refractivity contribution in [2.45, 2.75) is 26.2 Å². The summed E-state index contributed by atoms with van der Waals surface area (Å²) in [4.78, 5) is 12.3. The number of rotatable bonds is 1. The van der Waals surface area contributed by atoms with Gasteiger partial charge in [0.1, 0.15) is 12.2 Å². The first-order chi connectivity index (χ1) is 9.64. The monoisotopic (exact) mass is 218 g/mol. The lowest BCUT2D eigenvalue weighted by Gasteiger charge is -2.16. The second kappa shape index (κ2) is 4.00. The van der Waals surface area contributed by atoms with E-state index in [1.54, 1.807) is 0 Å². The van der Waals surface area contributed by atoms with E-state index in [1.807, 2.05) is 20.8 Å². The second-order valence-electron chi connectivity index (χ2n) is 4.38. The zero-order chi connectivity index (χ0) is 15.9. The first-order valence-electron chi connectivity index (χ1n) is 7.41. The van der Waals surface area contributed by atoms with Gasteiger partial charge in [-0.2, -0.15) is 0 Å². The van der Waals surface area contributed by atoms with Gasteiger partial charge in [0.05, 0.1) is 6.85 Å². The third-order valence-corrected chi connectivity index (χ3v) is 1.97. The van der Waals surface area contributed by atoms with Gasteiger partial charge < -0.3 is 0 Å². The van der Waals surface area contributed by atoms with Crippen molar-refractivity contribution in [1.29, 1.82) is 0 Å². The fraction of sp³-hybridized carbons (Fsp3) is 0.308. The van der Waals surface area contributed by atoms with Crippen LogP contribution < -0.4 is 0 Å². The van der Waals surface area contributed by atoms with Crippen LogP contribution >= 0.6 is 0 Å². The maximum absolute atomic E-state index is 7.93. The highest BCUT2D eigenvalue weighted by atomic mass is 15.0. The Bertz CT molecular complexity index is 681. The Morgan fingerprint density at radius 3 is 2.38 bits per heavy atom. The molecule has 0 N–H and O–H groups in total. The van der Waals surface area contributed by atoms with Gasteiger partial charge in [0.15, 0.2) is 5.82 Å². The molecule has 0 radical (unpaired) electrons. The van der Waals surface area contributed by atoms with Gasteiger partial charge in [0.25, 0.3) is 0 Å². The minimum atomic E-state index is -0.432. The minimum absolute atomic E-state index is 0.00565. The average Bonchev–Trinajstić information content (AvgIpc) is 2.43. The molecule has 82 valence electrons. The maximum atomic E-state index is 7.93. The fourth-order valence-electron chi connectivity index (χ4n) is 1.14. The molecule has 0 spiro atoms. The van der Waals surface area contributed by atoms with Gasteiger partial charge in [-0.3, -0.25) is 0 Å². The van der Waals surface area contributed by atoms with Gasteiger partial charge in [-0.15, -0.1) is 0 Å². The Balaban J connectivity index is 2.74. The van der Waals surface area contributed by atoms with Gasteiger partial charge >= 0.3 is 0 Å². The fourth-order valence-corrected chi connectivity index (χ4v) is 1.14. The summed E-state index contributed by atoms with van der Waals surface area (Å²) in [6.07, 6.45) is 1.30. The van der Waals surface area contributed by atoms with Gasteiger partial charge in [-0.05, 0) is 0 Å². The van der Waals surface area contributed by atoms with E-state index in [0.717, 1.165) is 0 Å². The number of benzene rings is 1. The van der Waals surface area contributed by atoms with Crippen molar-refractivity contribution in [3.8, 4) is 11.4 Å². The number of nitrogens with zero attached hydrogens (tertiary/aromatic N) is 3. The Morgan fingerprint density at radius 2 is 1.75 bits per heavy atom. The smallest absolute Gasteiger partial charge is 0.163 e. The molecule has 0 unspecified atom stereocenters. The molecule has 0 bridgehead atoms. The highest BCUT2D eigenvalue weighted by molar-refractivity contribution is 5.53. The van der Waals surface area contributed by atoms with Gasteiger partial charge in [0.2, 0.25) is 0 Å². The Morgan fingerprint density at radius 1 is 1.06 bits per heavy atom. The van der Waals surface area contributed by atoms with E-state index in [1.165, 1.54) is 6.33 Å². The van der Waals surface area contributed by atoms with Gasteiger partial charge in [0, 0.05) is 11.0 Å². The SMILES string of the molecule is [2H]c1c([2H])c([2H])c(-c2ncnc(C(C)(C)C)n2)c([2H])c1[2H]. The molecule has 0 atom stereocenters. The Kier molecular flexibility index (Phi) is 1.52. The summed E-state index contributed by atoms with van der Waals surface area (Å²) in [5.41, 5.74) is -0.334. The summed E-state index contributed by atoms with van der Waals surface area (Å²) in [5, 5.41) is 0. The van der Waals surface area contributed by atoms with Crippen molar-refractivity contribution in [1.82, 2.24) is 15.0 Å². The van der Waals surface area contributed by atoms with Crippen molar-refractivity contribution in [3.63, 3.8) is 0 Å². The quantitative estimate of drug-likeness (QED) is 0.738. The molecule has 0 aliphatic heterocycles. The van der Waals surface area contributed by atoms with Crippen LogP contribution in [0.2, 0.25) is 0 Å². The summed E-state index contributed by atoms with van der Waals surface area (Å²) in [5.74, 6) is 0.589. The molecule has 0 saturated heterocycles. The third kappa shape index (κ3) is 2.24. The molecule has 16 heavy (non-hydrogen) atoms. The third-order valence-electron chi connectivity index (χ3n) is 1.97. The molecule has 0 saturated carbocycles. The van der Waals surface area contributed by atoms with Crippen molar-refractivity contribution in [2.75, 3.05) is 0 Å². The summed E-state index contributed by atoms with van der Waals surface area (Å²) in [7, 11) is 0. The van der Waals surface area contributed by atoms with Crippen molar-refractivity contribution in [2.24, 2.45) is 0 Å². The number of hydrogen-bond donors (Lipinski definition) is 0. The molecule has 2 aromatic rings. The molecule has 1 aromatic carbocycles. The van der Waals surface area contributed by atoms with Crippen LogP contribution in [0, 0.1) is 0 Å². The summed E-state index contributed by atoms with van der Waals surface area (Å²) in [6.45, 7) is 5.77. The van der Waals surface area contributed by atoms with E-state index < -0.39 is 18.1 Å². The molecule has 0 fully saturated rings. The Hall–Kier alpha value is -1.77. The van der Waals surface area contributed by atoms with Crippen LogP contribution in [0.3, 0.4) is 0 Å². The van der Waals surface area contributed by atoms with Crippen molar-refractivity contribution < 1.29 is 6.85 Å². The summed E-state index contributed by atoms with van der Waals surface area (Å²) >= 11 is 0. The van der Waals surface area contributed by atoms with Crippen LogP contribution in [-0.2, 0) is 5.41 Å². The average molecular weight is 218 g/mol. The molecule has 1 heterocycles. The van der Waals surface area contributed by atoms with E-state index in [9.17, 15) is 0 Å². The highest BCUT2D eigenvalue weighted by Crippen LogP contribution is 2.20. The van der Waals surface area contributed by atoms with E-state index in [-0.39, 0.29) is 28.9 Å². The van der Waals surface area contributed by atoms with Gasteiger partial charge in [-0.1, -0.05) is 51.0 Å². The summed E-state index contributed by atoms with van der Waals surface area (Å²) < 4.78 is 38.8. The van der Waals surface area contributed by atoms with E-state index >= 15 is 0 Å². The zero-order valence-electron chi connectivity index (χ0n) is 14.4. The molecule has 2 rings (SSSR count). The second-order valence-corrected chi connectivity index (χ2v) is 4.38. The van der Waals surface area contributed by atoms with Crippen LogP contribution in [0.1, 0.15) is 33.4 Å². The maximum Gasteiger partial charge on any atom is 0.163 e. The topological polar surface area (TPSA) is 38.7 Å². The molecule has 1 aromatic heterocycles. The molecule has 3 nitrogen and oxygen atoms in total. The molecule has 0 aliphatic carbocycles. The molecule has 3 heteroatoms. The number of hydrogen-bond acceptors (Lipinski definition) is 3. The van der Waals surface area contributed by atoms with Gasteiger partial charge in [-0.25, -0.2) is 15.0 Å². The lowest BCUT2D eigenvalue weighted by atomic mass is 9.96. The lowest BCUT2D eigenvalue weighted by Crippen LogP contribution is -2.16. The van der Waals surface area contributed by atoms with Crippen LogP contribution in [0.4, 0.5) is 0 Å². The number of aromatic nitrogens is 3. The standard InChI is InChI=1S/C13H15N3/c1-13(2,3)12-15-9-14-11(16-12)10-7-5-4-6-8-10/h4-9H,1-3H3/i4D,5D,6D,7D,8D. The van der Waals surface area contributed by atoms with Crippen molar-refractivity contribution in [3.05, 3.63) is 42.4 Å². The minimum Gasteiger partial charge on any atom is -0.221 e. The molecule has 0 aliphatic rings. The lowest BCUT2D eigenvalue weighted by molar-refractivity contribution is 0.542. The van der Waals surface area contributed by atoms with E-state index in [0.29, 0.717) is 5.82 Å². The molecular weight excluding hydrogens is 198 g/mol. The summed E-state index contributed by atoms with van der Waals surface area (Å²) in [6, 6.07) is -1.86. The first-order valence-corrected chi connectivity index (χ1v) is 4.91. The predicted octanol–water partition coefficient (Wildman–Crippen LogP) is 2.84. The highest BCUT2D eigenvalue weighted by Gasteiger charge is 2.17.